The molecule has 0 aliphatic carbocycles. The van der Waals surface area contributed by atoms with Crippen molar-refractivity contribution < 1.29 is 9.90 Å². The van der Waals surface area contributed by atoms with Crippen LogP contribution >= 0.6 is 0 Å². The van der Waals surface area contributed by atoms with Crippen LogP contribution in [-0.2, 0) is 6.42 Å². The lowest BCUT2D eigenvalue weighted by Crippen LogP contribution is -2.07. The summed E-state index contributed by atoms with van der Waals surface area (Å²) in [6.45, 7) is 5.85. The van der Waals surface area contributed by atoms with Crippen molar-refractivity contribution in [2.24, 2.45) is 0 Å². The van der Waals surface area contributed by atoms with Crippen LogP contribution in [0, 0.1) is 20.8 Å². The number of carboxylic acid groups (broad SMARTS) is 1. The summed E-state index contributed by atoms with van der Waals surface area (Å²) in [5.41, 5.74) is 4.18. The zero-order valence-corrected chi connectivity index (χ0v) is 11.3. The van der Waals surface area contributed by atoms with Gasteiger partial charge >= 0.3 is 5.97 Å². The SMILES string of the molecule is Cc1cc(C)cc(Cc2nc(C)cc(C(=O)O)n2)c1. The second-order valence-corrected chi connectivity index (χ2v) is 4.79. The molecule has 0 radical (unpaired) electrons. The molecule has 0 fully saturated rings. The van der Waals surface area contributed by atoms with Crippen molar-refractivity contribution in [1.29, 1.82) is 0 Å². The van der Waals surface area contributed by atoms with E-state index in [2.05, 4.69) is 28.2 Å². The molecule has 1 N–H and O–H groups in total. The highest BCUT2D eigenvalue weighted by Gasteiger charge is 2.09. The van der Waals surface area contributed by atoms with Crippen molar-refractivity contribution in [3.8, 4) is 0 Å². The molecule has 0 aliphatic rings. The monoisotopic (exact) mass is 256 g/mol. The Morgan fingerprint density at radius 3 is 2.26 bits per heavy atom. The van der Waals surface area contributed by atoms with Crippen LogP contribution in [0.1, 0.15) is 38.7 Å². The van der Waals surface area contributed by atoms with Gasteiger partial charge in [0.1, 0.15) is 5.82 Å². The molecule has 0 unspecified atom stereocenters. The Labute approximate surface area is 112 Å². The fraction of sp³-hybridized carbons (Fsp3) is 0.267. The van der Waals surface area contributed by atoms with Crippen molar-refractivity contribution in [3.63, 3.8) is 0 Å². The summed E-state index contributed by atoms with van der Waals surface area (Å²) in [5, 5.41) is 9.00. The number of carbonyl (C=O) groups is 1. The Bertz CT molecular complexity index is 616. The number of aromatic carboxylic acids is 1. The highest BCUT2D eigenvalue weighted by atomic mass is 16.4. The molecular formula is C15H16N2O2. The summed E-state index contributed by atoms with van der Waals surface area (Å²) in [7, 11) is 0. The molecule has 0 amide bonds. The van der Waals surface area contributed by atoms with Crippen LogP contribution in [0.15, 0.2) is 24.3 Å². The second kappa shape index (κ2) is 5.18. The zero-order valence-electron chi connectivity index (χ0n) is 11.3. The van der Waals surface area contributed by atoms with E-state index >= 15 is 0 Å². The maximum absolute atomic E-state index is 11.0. The fourth-order valence-electron chi connectivity index (χ4n) is 2.17. The predicted molar refractivity (Wildman–Crippen MR) is 72.5 cm³/mol. The van der Waals surface area contributed by atoms with Gasteiger partial charge < -0.3 is 5.11 Å². The first kappa shape index (κ1) is 13.2. The van der Waals surface area contributed by atoms with Gasteiger partial charge in [-0.3, -0.25) is 0 Å². The van der Waals surface area contributed by atoms with Crippen LogP contribution in [0.5, 0.6) is 0 Å². The van der Waals surface area contributed by atoms with Gasteiger partial charge in [0.15, 0.2) is 5.69 Å². The normalized spacial score (nSPS) is 10.5. The van der Waals surface area contributed by atoms with Gasteiger partial charge in [-0.1, -0.05) is 29.3 Å². The maximum atomic E-state index is 11.0. The van der Waals surface area contributed by atoms with E-state index in [1.807, 2.05) is 13.8 Å². The van der Waals surface area contributed by atoms with E-state index in [4.69, 9.17) is 5.11 Å². The first-order valence-corrected chi connectivity index (χ1v) is 6.09. The first-order valence-electron chi connectivity index (χ1n) is 6.09. The number of benzene rings is 1. The van der Waals surface area contributed by atoms with Gasteiger partial charge in [-0.25, -0.2) is 14.8 Å². The van der Waals surface area contributed by atoms with Gasteiger partial charge in [-0.05, 0) is 32.4 Å². The van der Waals surface area contributed by atoms with Crippen molar-refractivity contribution in [2.75, 3.05) is 0 Å². The summed E-state index contributed by atoms with van der Waals surface area (Å²) in [6.07, 6.45) is 0.546. The standard InChI is InChI=1S/C15H16N2O2/c1-9-4-10(2)6-12(5-9)8-14-16-11(3)7-13(17-14)15(18)19/h4-7H,8H2,1-3H3,(H,18,19). The highest BCUT2D eigenvalue weighted by Crippen LogP contribution is 2.12. The largest absolute Gasteiger partial charge is 0.477 e. The van der Waals surface area contributed by atoms with Gasteiger partial charge in [0.05, 0.1) is 0 Å². The molecule has 0 spiro atoms. The molecule has 19 heavy (non-hydrogen) atoms. The Hall–Kier alpha value is -2.23. The lowest BCUT2D eigenvalue weighted by molar-refractivity contribution is 0.0689. The van der Waals surface area contributed by atoms with E-state index in [9.17, 15) is 4.79 Å². The number of carboxylic acids is 1. The molecule has 0 aliphatic heterocycles. The van der Waals surface area contributed by atoms with Crippen LogP contribution in [0.25, 0.3) is 0 Å². The lowest BCUT2D eigenvalue weighted by atomic mass is 10.0. The van der Waals surface area contributed by atoms with Crippen molar-refractivity contribution >= 4 is 5.97 Å². The molecule has 0 bridgehead atoms. The second-order valence-electron chi connectivity index (χ2n) is 4.79. The predicted octanol–water partition coefficient (Wildman–Crippen LogP) is 2.69. The molecule has 0 saturated heterocycles. The number of rotatable bonds is 3. The topological polar surface area (TPSA) is 63.1 Å². The molecule has 1 aromatic heterocycles. The van der Waals surface area contributed by atoms with Crippen LogP contribution in [0.2, 0.25) is 0 Å². The summed E-state index contributed by atoms with van der Waals surface area (Å²) >= 11 is 0. The summed E-state index contributed by atoms with van der Waals surface area (Å²) in [6, 6.07) is 7.72. The number of hydrogen-bond acceptors (Lipinski definition) is 3. The summed E-state index contributed by atoms with van der Waals surface area (Å²) < 4.78 is 0. The van der Waals surface area contributed by atoms with Gasteiger partial charge in [-0.15, -0.1) is 0 Å². The average molecular weight is 256 g/mol. The average Bonchev–Trinajstić information content (AvgIpc) is 2.26. The lowest BCUT2D eigenvalue weighted by Gasteiger charge is -2.06. The Morgan fingerprint density at radius 2 is 1.68 bits per heavy atom. The van der Waals surface area contributed by atoms with Gasteiger partial charge in [-0.2, -0.15) is 0 Å². The number of aryl methyl sites for hydroxylation is 3. The molecule has 1 heterocycles. The molecular weight excluding hydrogens is 240 g/mol. The molecule has 0 saturated carbocycles. The Kier molecular flexibility index (Phi) is 3.60. The molecule has 1 aromatic carbocycles. The van der Waals surface area contributed by atoms with E-state index < -0.39 is 5.97 Å². The van der Waals surface area contributed by atoms with E-state index in [0.29, 0.717) is 17.9 Å². The van der Waals surface area contributed by atoms with Crippen molar-refractivity contribution in [1.82, 2.24) is 9.97 Å². The molecule has 4 heteroatoms. The van der Waals surface area contributed by atoms with E-state index in [0.717, 1.165) is 5.56 Å². The highest BCUT2D eigenvalue weighted by molar-refractivity contribution is 5.85. The minimum absolute atomic E-state index is 0.0480. The Morgan fingerprint density at radius 1 is 1.05 bits per heavy atom. The fourth-order valence-corrected chi connectivity index (χ4v) is 2.17. The van der Waals surface area contributed by atoms with E-state index in [1.54, 1.807) is 6.92 Å². The molecule has 2 aromatic rings. The van der Waals surface area contributed by atoms with Crippen LogP contribution < -0.4 is 0 Å². The number of aromatic nitrogens is 2. The Balaban J connectivity index is 2.35. The van der Waals surface area contributed by atoms with Crippen LogP contribution in [0.3, 0.4) is 0 Å². The van der Waals surface area contributed by atoms with Crippen LogP contribution in [0.4, 0.5) is 0 Å². The minimum atomic E-state index is -1.02. The smallest absolute Gasteiger partial charge is 0.354 e. The quantitative estimate of drug-likeness (QED) is 0.917. The number of hydrogen-bond donors (Lipinski definition) is 1. The third-order valence-corrected chi connectivity index (χ3v) is 2.76. The van der Waals surface area contributed by atoms with E-state index in [-0.39, 0.29) is 5.69 Å². The molecule has 98 valence electrons. The zero-order chi connectivity index (χ0) is 14.0. The van der Waals surface area contributed by atoms with Gasteiger partial charge in [0, 0.05) is 12.1 Å². The molecule has 4 nitrogen and oxygen atoms in total. The van der Waals surface area contributed by atoms with Crippen molar-refractivity contribution in [2.45, 2.75) is 27.2 Å². The summed E-state index contributed by atoms with van der Waals surface area (Å²) in [4.78, 5) is 19.3. The maximum Gasteiger partial charge on any atom is 0.354 e. The van der Waals surface area contributed by atoms with Crippen LogP contribution in [-0.4, -0.2) is 21.0 Å². The number of nitrogens with zero attached hydrogens (tertiary/aromatic N) is 2. The van der Waals surface area contributed by atoms with Gasteiger partial charge in [0.25, 0.3) is 0 Å². The first-order chi connectivity index (χ1) is 8.94. The minimum Gasteiger partial charge on any atom is -0.477 e. The van der Waals surface area contributed by atoms with E-state index in [1.165, 1.54) is 17.2 Å². The molecule has 0 atom stereocenters. The van der Waals surface area contributed by atoms with Crippen molar-refractivity contribution in [3.05, 3.63) is 58.2 Å². The third-order valence-electron chi connectivity index (χ3n) is 2.76. The summed E-state index contributed by atoms with van der Waals surface area (Å²) in [5.74, 6) is -0.477. The third kappa shape index (κ3) is 3.37. The van der Waals surface area contributed by atoms with Gasteiger partial charge in [0.2, 0.25) is 0 Å². The molecule has 2 rings (SSSR count).